The Morgan fingerprint density at radius 1 is 0.880 bits per heavy atom. The number of pyridine rings is 1. The lowest BCUT2D eigenvalue weighted by atomic mass is 9.93. The van der Waals surface area contributed by atoms with E-state index in [1.807, 2.05) is 67.1 Å². The monoisotopic (exact) mass is 677 g/mol. The Morgan fingerprint density at radius 2 is 1.56 bits per heavy atom. The zero-order valence-electron chi connectivity index (χ0n) is 28.7. The number of aliphatic hydroxyl groups is 1. The molecule has 2 aromatic carbocycles. The number of nitrogens with one attached hydrogen (secondary N) is 2. The van der Waals surface area contributed by atoms with Gasteiger partial charge < -0.3 is 20.5 Å². The van der Waals surface area contributed by atoms with Gasteiger partial charge >= 0.3 is 5.97 Å². The number of amides is 2. The first kappa shape index (κ1) is 33.6. The molecule has 7 rings (SSSR count). The Kier molecular flexibility index (Phi) is 9.50. The van der Waals surface area contributed by atoms with Crippen molar-refractivity contribution in [3.63, 3.8) is 0 Å². The second-order valence-corrected chi connectivity index (χ2v) is 13.6. The van der Waals surface area contributed by atoms with Gasteiger partial charge in [0.25, 0.3) is 11.8 Å². The number of β-amino-alcohol motifs (C(OH)–C–C–N with tert-alkyl or cyclic N) is 1. The summed E-state index contributed by atoms with van der Waals surface area (Å²) in [5, 5.41) is 20.6. The number of nitrogens with zero attached hydrogens (tertiary/aromatic N) is 5. The molecule has 12 heteroatoms. The van der Waals surface area contributed by atoms with E-state index in [2.05, 4.69) is 30.5 Å². The second kappa shape index (κ2) is 14.1. The number of esters is 1. The fourth-order valence-corrected chi connectivity index (χ4v) is 7.39. The van der Waals surface area contributed by atoms with Crippen LogP contribution in [0.2, 0.25) is 0 Å². The summed E-state index contributed by atoms with van der Waals surface area (Å²) in [5.41, 5.74) is 7.70. The van der Waals surface area contributed by atoms with Gasteiger partial charge in [-0.2, -0.15) is 5.10 Å². The predicted molar refractivity (Wildman–Crippen MR) is 189 cm³/mol. The fraction of sp³-hybridized carbons (Fsp3) is 0.395. The molecule has 12 nitrogen and oxygen atoms in total. The molecule has 260 valence electrons. The van der Waals surface area contributed by atoms with E-state index < -0.39 is 0 Å². The molecule has 2 amide bonds. The molecule has 3 aliphatic heterocycles. The van der Waals surface area contributed by atoms with Crippen molar-refractivity contribution in [2.75, 3.05) is 43.9 Å². The summed E-state index contributed by atoms with van der Waals surface area (Å²) in [6.07, 6.45) is 4.12. The first-order valence-corrected chi connectivity index (χ1v) is 17.3. The molecule has 4 aromatic rings. The molecule has 2 aromatic heterocycles. The van der Waals surface area contributed by atoms with E-state index in [1.165, 1.54) is 7.11 Å². The van der Waals surface area contributed by atoms with Crippen LogP contribution in [0.15, 0.2) is 60.8 Å². The van der Waals surface area contributed by atoms with Gasteiger partial charge in [0.1, 0.15) is 5.69 Å². The molecule has 0 spiro atoms. The normalized spacial score (nSPS) is 19.4. The zero-order valence-corrected chi connectivity index (χ0v) is 28.7. The van der Waals surface area contributed by atoms with Crippen molar-refractivity contribution in [1.29, 1.82) is 0 Å². The van der Waals surface area contributed by atoms with Crippen LogP contribution in [-0.4, -0.2) is 86.8 Å². The molecular weight excluding hydrogens is 634 g/mol. The maximum atomic E-state index is 13.5. The third kappa shape index (κ3) is 6.78. The average Bonchev–Trinajstić information content (AvgIpc) is 3.72. The molecule has 2 fully saturated rings. The highest BCUT2D eigenvalue weighted by atomic mass is 16.5. The number of anilines is 2. The molecule has 3 aliphatic rings. The lowest BCUT2D eigenvalue weighted by Crippen LogP contribution is -2.52. The van der Waals surface area contributed by atoms with Crippen LogP contribution in [0.1, 0.15) is 68.7 Å². The summed E-state index contributed by atoms with van der Waals surface area (Å²) in [6, 6.07) is 17.2. The van der Waals surface area contributed by atoms with E-state index in [1.54, 1.807) is 12.3 Å². The van der Waals surface area contributed by atoms with Gasteiger partial charge in [0, 0.05) is 56.8 Å². The number of fused-ring (bicyclic) bond motifs is 1. The molecular formula is C38H43N7O5. The number of ether oxygens (including phenoxy) is 1. The van der Waals surface area contributed by atoms with Crippen molar-refractivity contribution < 1.29 is 24.2 Å². The molecule has 5 heterocycles. The van der Waals surface area contributed by atoms with Gasteiger partial charge in [0.2, 0.25) is 0 Å². The van der Waals surface area contributed by atoms with E-state index >= 15 is 0 Å². The number of benzene rings is 2. The van der Waals surface area contributed by atoms with Gasteiger partial charge in [-0.1, -0.05) is 30.3 Å². The largest absolute Gasteiger partial charge is 0.469 e. The molecule has 3 N–H and O–H groups in total. The Labute approximate surface area is 291 Å². The standard InChI is InChI=1S/C38H43N7O5/c1-23-28(7-4-9-30(23)40-36(47)32-13-12-25(18-39-32)19-43-16-14-27(46)22-43)29-8-5-10-31(24(29)2)41-37(48)33-17-35-34(11-6-15-45(35)42-33)44-20-26(21-44)38(49)50-3/h4-5,7-10,12-13,17-18,26-27,34,46H,6,11,14-16,19-22H2,1-3H3,(H,40,47)(H,41,48)/t27-,34-/m1/s1. The van der Waals surface area contributed by atoms with Crippen LogP contribution < -0.4 is 10.6 Å². The van der Waals surface area contributed by atoms with Gasteiger partial charge in [-0.3, -0.25) is 33.8 Å². The number of carbonyl (C=O) groups excluding carboxylic acids is 3. The maximum Gasteiger partial charge on any atom is 0.311 e. The van der Waals surface area contributed by atoms with Crippen molar-refractivity contribution in [1.82, 2.24) is 24.6 Å². The van der Waals surface area contributed by atoms with Crippen molar-refractivity contribution in [3.8, 4) is 11.1 Å². The van der Waals surface area contributed by atoms with Gasteiger partial charge in [-0.15, -0.1) is 0 Å². The highest BCUT2D eigenvalue weighted by molar-refractivity contribution is 6.05. The van der Waals surface area contributed by atoms with Crippen LogP contribution in [-0.2, 0) is 22.6 Å². The van der Waals surface area contributed by atoms with E-state index in [0.717, 1.165) is 65.9 Å². The maximum absolute atomic E-state index is 13.5. The number of methoxy groups -OCH3 is 1. The Morgan fingerprint density at radius 3 is 2.16 bits per heavy atom. The van der Waals surface area contributed by atoms with Crippen LogP contribution in [0.4, 0.5) is 11.4 Å². The van der Waals surface area contributed by atoms with Crippen molar-refractivity contribution >= 4 is 29.2 Å². The molecule has 0 bridgehead atoms. The van der Waals surface area contributed by atoms with Crippen molar-refractivity contribution in [2.24, 2.45) is 5.92 Å². The smallest absolute Gasteiger partial charge is 0.311 e. The molecule has 50 heavy (non-hydrogen) atoms. The molecule has 0 aliphatic carbocycles. The average molecular weight is 678 g/mol. The van der Waals surface area contributed by atoms with Crippen molar-refractivity contribution in [2.45, 2.75) is 58.3 Å². The quantitative estimate of drug-likeness (QED) is 0.217. The van der Waals surface area contributed by atoms with Gasteiger partial charge in [-0.25, -0.2) is 0 Å². The van der Waals surface area contributed by atoms with E-state index in [9.17, 15) is 19.5 Å². The van der Waals surface area contributed by atoms with E-state index in [0.29, 0.717) is 48.9 Å². The second-order valence-electron chi connectivity index (χ2n) is 13.6. The minimum atomic E-state index is -0.298. The van der Waals surface area contributed by atoms with Crippen LogP contribution in [0, 0.1) is 19.8 Å². The third-order valence-electron chi connectivity index (χ3n) is 10.3. The minimum absolute atomic E-state index is 0.103. The Hall–Kier alpha value is -4.91. The number of hydrogen-bond donors (Lipinski definition) is 3. The first-order chi connectivity index (χ1) is 24.2. The number of likely N-dealkylation sites (tertiary alicyclic amines) is 2. The number of carbonyl (C=O) groups is 3. The Bertz CT molecular complexity index is 1920. The van der Waals surface area contributed by atoms with Gasteiger partial charge in [-0.05, 0) is 85.2 Å². The Balaban J connectivity index is 1.03. The van der Waals surface area contributed by atoms with E-state index in [4.69, 9.17) is 4.74 Å². The number of aromatic nitrogens is 3. The fourth-order valence-electron chi connectivity index (χ4n) is 7.39. The van der Waals surface area contributed by atoms with Crippen molar-refractivity contribution in [3.05, 3.63) is 94.6 Å². The molecule has 2 atom stereocenters. The molecule has 0 unspecified atom stereocenters. The third-order valence-corrected chi connectivity index (χ3v) is 10.3. The lowest BCUT2D eigenvalue weighted by molar-refractivity contribution is -0.152. The highest BCUT2D eigenvalue weighted by Gasteiger charge is 2.40. The number of rotatable bonds is 9. The zero-order chi connectivity index (χ0) is 34.9. The predicted octanol–water partition coefficient (Wildman–Crippen LogP) is 4.57. The van der Waals surface area contributed by atoms with Gasteiger partial charge in [0.15, 0.2) is 5.69 Å². The first-order valence-electron chi connectivity index (χ1n) is 17.3. The lowest BCUT2D eigenvalue weighted by Gasteiger charge is -2.44. The van der Waals surface area contributed by atoms with Crippen LogP contribution in [0.3, 0.4) is 0 Å². The summed E-state index contributed by atoms with van der Waals surface area (Å²) in [6.45, 7) is 8.18. The SMILES string of the molecule is COC(=O)C1CN([C@@H]2CCCn3nc(C(=O)Nc4cccc(-c5cccc(NC(=O)c6ccc(CN7CC[C@@H](O)C7)cn6)c5C)c4C)cc32)C1. The summed E-state index contributed by atoms with van der Waals surface area (Å²) in [7, 11) is 1.42. The van der Waals surface area contributed by atoms with Gasteiger partial charge in [0.05, 0.1) is 30.9 Å². The molecule has 0 radical (unpaired) electrons. The minimum Gasteiger partial charge on any atom is -0.469 e. The van der Waals surface area contributed by atoms with Crippen LogP contribution >= 0.6 is 0 Å². The summed E-state index contributed by atoms with van der Waals surface area (Å²) in [4.78, 5) is 47.5. The van der Waals surface area contributed by atoms with Crippen LogP contribution in [0.25, 0.3) is 11.1 Å². The molecule has 0 saturated carbocycles. The summed E-state index contributed by atoms with van der Waals surface area (Å²) >= 11 is 0. The summed E-state index contributed by atoms with van der Waals surface area (Å²) < 4.78 is 6.82. The number of hydrogen-bond acceptors (Lipinski definition) is 9. The highest BCUT2D eigenvalue weighted by Crippen LogP contribution is 2.37. The topological polar surface area (TPSA) is 142 Å². The number of aliphatic hydroxyl groups excluding tert-OH is 1. The van der Waals surface area contributed by atoms with E-state index in [-0.39, 0.29) is 35.8 Å². The molecule has 2 saturated heterocycles. The number of aryl methyl sites for hydroxylation is 1. The van der Waals surface area contributed by atoms with Crippen LogP contribution in [0.5, 0.6) is 0 Å². The summed E-state index contributed by atoms with van der Waals surface area (Å²) in [5.74, 6) is -0.858.